The van der Waals surface area contributed by atoms with E-state index in [4.69, 9.17) is 4.74 Å². The molecular formula is C22H26N2O2. The molecule has 1 heterocycles. The third kappa shape index (κ3) is 4.26. The monoisotopic (exact) mass is 350 g/mol. The molecule has 0 unspecified atom stereocenters. The van der Waals surface area contributed by atoms with Crippen molar-refractivity contribution in [3.05, 3.63) is 65.7 Å². The first kappa shape index (κ1) is 18.1. The quantitative estimate of drug-likeness (QED) is 0.739. The minimum Gasteiger partial charge on any atom is -0.496 e. The van der Waals surface area contributed by atoms with E-state index in [1.807, 2.05) is 43.5 Å². The number of para-hydroxylation sites is 2. The predicted molar refractivity (Wildman–Crippen MR) is 106 cm³/mol. The van der Waals surface area contributed by atoms with Crippen molar-refractivity contribution in [2.45, 2.75) is 19.4 Å². The van der Waals surface area contributed by atoms with Gasteiger partial charge in [0.25, 0.3) is 0 Å². The van der Waals surface area contributed by atoms with Crippen LogP contribution >= 0.6 is 0 Å². The highest BCUT2D eigenvalue weighted by molar-refractivity contribution is 5.92. The molecule has 2 aromatic rings. The van der Waals surface area contributed by atoms with E-state index in [2.05, 4.69) is 23.1 Å². The molecule has 0 radical (unpaired) electrons. The summed E-state index contributed by atoms with van der Waals surface area (Å²) in [5.41, 5.74) is 3.34. The van der Waals surface area contributed by atoms with E-state index >= 15 is 0 Å². The van der Waals surface area contributed by atoms with Crippen molar-refractivity contribution in [3.8, 4) is 5.75 Å². The van der Waals surface area contributed by atoms with Crippen LogP contribution in [-0.2, 0) is 11.3 Å². The van der Waals surface area contributed by atoms with Gasteiger partial charge in [0, 0.05) is 44.0 Å². The number of benzene rings is 2. The Morgan fingerprint density at radius 2 is 1.81 bits per heavy atom. The molecule has 3 rings (SSSR count). The zero-order valence-electron chi connectivity index (χ0n) is 15.5. The smallest absolute Gasteiger partial charge is 0.246 e. The fraction of sp³-hybridized carbons (Fsp3) is 0.318. The third-order valence-electron chi connectivity index (χ3n) is 4.77. The Labute approximate surface area is 155 Å². The molecule has 0 atom stereocenters. The summed E-state index contributed by atoms with van der Waals surface area (Å²) in [5.74, 6) is 0.741. The summed E-state index contributed by atoms with van der Waals surface area (Å²) < 4.78 is 5.32. The van der Waals surface area contributed by atoms with Crippen molar-refractivity contribution in [2.24, 2.45) is 0 Å². The van der Waals surface area contributed by atoms with Gasteiger partial charge in [-0.3, -0.25) is 4.79 Å². The van der Waals surface area contributed by atoms with Crippen LogP contribution in [0, 0.1) is 0 Å². The molecule has 2 aromatic carbocycles. The zero-order valence-corrected chi connectivity index (χ0v) is 15.5. The normalized spacial score (nSPS) is 14.0. The molecule has 26 heavy (non-hydrogen) atoms. The van der Waals surface area contributed by atoms with E-state index in [9.17, 15) is 4.79 Å². The van der Waals surface area contributed by atoms with Crippen LogP contribution in [0.4, 0.5) is 5.69 Å². The third-order valence-corrected chi connectivity index (χ3v) is 4.77. The molecular weight excluding hydrogens is 324 g/mol. The molecule has 0 aromatic heterocycles. The number of nitrogens with zero attached hydrogens (tertiary/aromatic N) is 2. The minimum atomic E-state index is -0.0212. The highest BCUT2D eigenvalue weighted by Crippen LogP contribution is 2.25. The second-order valence-corrected chi connectivity index (χ2v) is 6.59. The number of anilines is 1. The maximum absolute atomic E-state index is 12.5. The van der Waals surface area contributed by atoms with Gasteiger partial charge in [-0.15, -0.1) is 0 Å². The molecule has 4 heteroatoms. The maximum atomic E-state index is 12.5. The number of rotatable bonds is 6. The van der Waals surface area contributed by atoms with Gasteiger partial charge in [-0.05, 0) is 36.6 Å². The van der Waals surface area contributed by atoms with Crippen molar-refractivity contribution >= 4 is 17.7 Å². The van der Waals surface area contributed by atoms with E-state index in [1.165, 1.54) is 24.1 Å². The lowest BCUT2D eigenvalue weighted by molar-refractivity contribution is -0.125. The highest BCUT2D eigenvalue weighted by atomic mass is 16.5. The zero-order chi connectivity index (χ0) is 18.4. The first-order chi connectivity index (χ1) is 12.7. The first-order valence-corrected chi connectivity index (χ1v) is 9.08. The molecule has 0 spiro atoms. The standard InChI is InChI=1S/C22H26N2O2/c1-23(22(25)14-13-18-9-4-6-12-21(18)26-2)17-19-10-3-5-11-20(19)24-15-7-8-16-24/h3-6,9-14H,7-8,15-17H2,1-2H3/b14-13+. The fourth-order valence-corrected chi connectivity index (χ4v) is 3.34. The number of carbonyl (C=O) groups excluding carboxylic acids is 1. The molecule has 1 amide bonds. The summed E-state index contributed by atoms with van der Waals surface area (Å²) in [6.07, 6.45) is 5.90. The number of amides is 1. The molecule has 1 aliphatic heterocycles. The van der Waals surface area contributed by atoms with Crippen molar-refractivity contribution < 1.29 is 9.53 Å². The Morgan fingerprint density at radius 3 is 2.58 bits per heavy atom. The summed E-state index contributed by atoms with van der Waals surface area (Å²) in [5, 5.41) is 0. The maximum Gasteiger partial charge on any atom is 0.246 e. The van der Waals surface area contributed by atoms with Gasteiger partial charge >= 0.3 is 0 Å². The average molecular weight is 350 g/mol. The Hall–Kier alpha value is -2.75. The van der Waals surface area contributed by atoms with Crippen LogP contribution in [0.25, 0.3) is 6.08 Å². The van der Waals surface area contributed by atoms with Crippen molar-refractivity contribution in [1.82, 2.24) is 4.90 Å². The molecule has 136 valence electrons. The summed E-state index contributed by atoms with van der Waals surface area (Å²) >= 11 is 0. The number of carbonyl (C=O) groups is 1. The van der Waals surface area contributed by atoms with E-state index in [1.54, 1.807) is 18.1 Å². The van der Waals surface area contributed by atoms with Crippen LogP contribution < -0.4 is 9.64 Å². The minimum absolute atomic E-state index is 0.0212. The van der Waals surface area contributed by atoms with E-state index in [0.29, 0.717) is 6.54 Å². The van der Waals surface area contributed by atoms with Gasteiger partial charge in [-0.2, -0.15) is 0 Å². The van der Waals surface area contributed by atoms with Crippen LogP contribution in [0.15, 0.2) is 54.6 Å². The van der Waals surface area contributed by atoms with Gasteiger partial charge in [0.15, 0.2) is 0 Å². The summed E-state index contributed by atoms with van der Waals surface area (Å²) in [6.45, 7) is 2.80. The summed E-state index contributed by atoms with van der Waals surface area (Å²) in [6, 6.07) is 16.1. The van der Waals surface area contributed by atoms with Crippen LogP contribution in [0.1, 0.15) is 24.0 Å². The lowest BCUT2D eigenvalue weighted by Crippen LogP contribution is -2.26. The van der Waals surface area contributed by atoms with Crippen LogP contribution in [0.3, 0.4) is 0 Å². The van der Waals surface area contributed by atoms with E-state index < -0.39 is 0 Å². The Kier molecular flexibility index (Phi) is 5.95. The first-order valence-electron chi connectivity index (χ1n) is 9.08. The Bertz CT molecular complexity index is 779. The number of methoxy groups -OCH3 is 1. The van der Waals surface area contributed by atoms with Gasteiger partial charge in [0.2, 0.25) is 5.91 Å². The SMILES string of the molecule is COc1ccccc1/C=C/C(=O)N(C)Cc1ccccc1N1CCCC1. The van der Waals surface area contributed by atoms with Crippen LogP contribution in [0.2, 0.25) is 0 Å². The summed E-state index contributed by atoms with van der Waals surface area (Å²) in [4.78, 5) is 16.7. The van der Waals surface area contributed by atoms with Gasteiger partial charge in [0.05, 0.1) is 7.11 Å². The van der Waals surface area contributed by atoms with Crippen LogP contribution in [0.5, 0.6) is 5.75 Å². The summed E-state index contributed by atoms with van der Waals surface area (Å²) in [7, 11) is 3.48. The largest absolute Gasteiger partial charge is 0.496 e. The highest BCUT2D eigenvalue weighted by Gasteiger charge is 2.17. The molecule has 0 N–H and O–H groups in total. The van der Waals surface area contributed by atoms with Crippen molar-refractivity contribution in [1.29, 1.82) is 0 Å². The topological polar surface area (TPSA) is 32.8 Å². The molecule has 1 fully saturated rings. The van der Waals surface area contributed by atoms with Gasteiger partial charge in [-0.1, -0.05) is 36.4 Å². The van der Waals surface area contributed by atoms with Crippen molar-refractivity contribution in [2.75, 3.05) is 32.1 Å². The Balaban J connectivity index is 1.69. The number of ether oxygens (including phenoxy) is 1. The second kappa shape index (κ2) is 8.56. The lowest BCUT2D eigenvalue weighted by atomic mass is 10.1. The van der Waals surface area contributed by atoms with Crippen molar-refractivity contribution in [3.63, 3.8) is 0 Å². The predicted octanol–water partition coefficient (Wildman–Crippen LogP) is 3.97. The number of hydrogen-bond donors (Lipinski definition) is 0. The second-order valence-electron chi connectivity index (χ2n) is 6.59. The molecule has 0 bridgehead atoms. The van der Waals surface area contributed by atoms with Gasteiger partial charge in [-0.25, -0.2) is 0 Å². The van der Waals surface area contributed by atoms with Crippen LogP contribution in [-0.4, -0.2) is 38.1 Å². The average Bonchev–Trinajstić information content (AvgIpc) is 3.21. The fourth-order valence-electron chi connectivity index (χ4n) is 3.34. The molecule has 0 saturated carbocycles. The van der Waals surface area contributed by atoms with Gasteiger partial charge < -0.3 is 14.5 Å². The lowest BCUT2D eigenvalue weighted by Gasteiger charge is -2.24. The Morgan fingerprint density at radius 1 is 1.12 bits per heavy atom. The molecule has 4 nitrogen and oxygen atoms in total. The molecule has 0 aliphatic carbocycles. The van der Waals surface area contributed by atoms with Gasteiger partial charge in [0.1, 0.15) is 5.75 Å². The van der Waals surface area contributed by atoms with E-state index in [0.717, 1.165) is 24.4 Å². The number of hydrogen-bond acceptors (Lipinski definition) is 3. The number of likely N-dealkylation sites (N-methyl/N-ethyl adjacent to an activating group) is 1. The molecule has 1 aliphatic rings. The molecule has 1 saturated heterocycles. The van der Waals surface area contributed by atoms with E-state index in [-0.39, 0.29) is 5.91 Å².